The number of benzene rings is 1. The van der Waals surface area contributed by atoms with E-state index in [1.807, 2.05) is 23.6 Å². The molecule has 0 unspecified atom stereocenters. The van der Waals surface area contributed by atoms with Gasteiger partial charge in [-0.05, 0) is 23.6 Å². The lowest BCUT2D eigenvalue weighted by Crippen LogP contribution is -2.33. The number of anilines is 2. The van der Waals surface area contributed by atoms with Crippen LogP contribution < -0.4 is 10.6 Å². The van der Waals surface area contributed by atoms with Crippen LogP contribution >= 0.6 is 11.3 Å². The zero-order valence-corrected chi connectivity index (χ0v) is 10.6. The van der Waals surface area contributed by atoms with E-state index in [4.69, 9.17) is 10.8 Å². The first kappa shape index (κ1) is 12.6. The number of nitrogens with two attached hydrogens (primary N) is 1. The van der Waals surface area contributed by atoms with Gasteiger partial charge in [-0.3, -0.25) is 4.79 Å². The van der Waals surface area contributed by atoms with Gasteiger partial charge in [-0.25, -0.2) is 0 Å². The maximum Gasteiger partial charge on any atom is 0.268 e. The van der Waals surface area contributed by atoms with Crippen LogP contribution in [-0.2, 0) is 0 Å². The minimum Gasteiger partial charge on any atom is -0.397 e. The van der Waals surface area contributed by atoms with Crippen molar-refractivity contribution < 1.29 is 9.90 Å². The van der Waals surface area contributed by atoms with Gasteiger partial charge in [0.25, 0.3) is 5.91 Å². The molecule has 1 heterocycles. The first-order valence-corrected chi connectivity index (χ1v) is 6.42. The molecular weight excluding hydrogens is 248 g/mol. The summed E-state index contributed by atoms with van der Waals surface area (Å²) in [5, 5.41) is 10.9. The molecule has 0 saturated carbocycles. The summed E-state index contributed by atoms with van der Waals surface area (Å²) in [5.74, 6) is -0.142. The van der Waals surface area contributed by atoms with Crippen molar-refractivity contribution in [3.8, 4) is 0 Å². The molecule has 0 spiro atoms. The fourth-order valence-electron chi connectivity index (χ4n) is 1.70. The van der Waals surface area contributed by atoms with Gasteiger partial charge in [0.2, 0.25) is 0 Å². The number of hydrogen-bond donors (Lipinski definition) is 2. The average Bonchev–Trinajstić information content (AvgIpc) is 2.90. The van der Waals surface area contributed by atoms with Crippen molar-refractivity contribution in [1.82, 2.24) is 0 Å². The number of rotatable bonds is 4. The summed E-state index contributed by atoms with van der Waals surface area (Å²) >= 11 is 1.37. The van der Waals surface area contributed by atoms with E-state index < -0.39 is 0 Å². The van der Waals surface area contributed by atoms with Crippen molar-refractivity contribution in [1.29, 1.82) is 0 Å². The van der Waals surface area contributed by atoms with Gasteiger partial charge >= 0.3 is 0 Å². The standard InChI is InChI=1S/C13H14N2O2S/c14-10-4-1-2-5-11(10)15(7-8-16)13(17)12-6-3-9-18-12/h1-6,9,16H,7-8,14H2. The summed E-state index contributed by atoms with van der Waals surface area (Å²) in [6, 6.07) is 10.7. The second-order valence-electron chi connectivity index (χ2n) is 3.72. The van der Waals surface area contributed by atoms with E-state index in [9.17, 15) is 4.79 Å². The van der Waals surface area contributed by atoms with Crippen LogP contribution in [0, 0.1) is 0 Å². The number of para-hydroxylation sites is 2. The maximum atomic E-state index is 12.3. The molecule has 94 valence electrons. The Morgan fingerprint density at radius 3 is 2.67 bits per heavy atom. The van der Waals surface area contributed by atoms with Crippen LogP contribution in [0.25, 0.3) is 0 Å². The van der Waals surface area contributed by atoms with Crippen molar-refractivity contribution in [2.75, 3.05) is 23.8 Å². The van der Waals surface area contributed by atoms with Crippen LogP contribution in [0.15, 0.2) is 41.8 Å². The van der Waals surface area contributed by atoms with Crippen molar-refractivity contribution in [2.45, 2.75) is 0 Å². The molecule has 1 aromatic carbocycles. The van der Waals surface area contributed by atoms with Crippen molar-refractivity contribution in [3.63, 3.8) is 0 Å². The molecule has 0 saturated heterocycles. The van der Waals surface area contributed by atoms with E-state index in [-0.39, 0.29) is 19.1 Å². The van der Waals surface area contributed by atoms with Gasteiger partial charge in [0.05, 0.1) is 22.9 Å². The first-order chi connectivity index (χ1) is 8.74. The maximum absolute atomic E-state index is 12.3. The molecule has 0 atom stereocenters. The molecule has 0 bridgehead atoms. The highest BCUT2D eigenvalue weighted by molar-refractivity contribution is 7.12. The SMILES string of the molecule is Nc1ccccc1N(CCO)C(=O)c1cccs1. The van der Waals surface area contributed by atoms with E-state index in [0.717, 1.165) is 0 Å². The lowest BCUT2D eigenvalue weighted by Gasteiger charge is -2.22. The van der Waals surface area contributed by atoms with E-state index in [0.29, 0.717) is 16.3 Å². The Hall–Kier alpha value is -1.85. The molecule has 3 N–H and O–H groups in total. The predicted octanol–water partition coefficient (Wildman–Crippen LogP) is 1.97. The molecule has 5 heteroatoms. The Balaban J connectivity index is 2.34. The zero-order chi connectivity index (χ0) is 13.0. The quantitative estimate of drug-likeness (QED) is 0.828. The predicted molar refractivity (Wildman–Crippen MR) is 73.9 cm³/mol. The highest BCUT2D eigenvalue weighted by Gasteiger charge is 2.19. The van der Waals surface area contributed by atoms with Crippen LogP contribution in [0.3, 0.4) is 0 Å². The normalized spacial score (nSPS) is 10.3. The summed E-state index contributed by atoms with van der Waals surface area (Å²) in [7, 11) is 0. The number of thiophene rings is 1. The number of aliphatic hydroxyl groups is 1. The summed E-state index contributed by atoms with van der Waals surface area (Å²) in [6.45, 7) is 0.121. The van der Waals surface area contributed by atoms with Crippen molar-refractivity contribution >= 4 is 28.6 Å². The van der Waals surface area contributed by atoms with Gasteiger partial charge in [-0.2, -0.15) is 0 Å². The number of carbonyl (C=O) groups is 1. The van der Waals surface area contributed by atoms with E-state index in [2.05, 4.69) is 0 Å². The van der Waals surface area contributed by atoms with Gasteiger partial charge < -0.3 is 15.7 Å². The smallest absolute Gasteiger partial charge is 0.268 e. The van der Waals surface area contributed by atoms with Crippen molar-refractivity contribution in [2.24, 2.45) is 0 Å². The number of nitrogen functional groups attached to an aromatic ring is 1. The van der Waals surface area contributed by atoms with E-state index in [1.165, 1.54) is 16.2 Å². The Morgan fingerprint density at radius 2 is 2.06 bits per heavy atom. The number of hydrogen-bond acceptors (Lipinski definition) is 4. The number of aliphatic hydroxyl groups excluding tert-OH is 1. The number of amides is 1. The second-order valence-corrected chi connectivity index (χ2v) is 4.66. The molecular formula is C13H14N2O2S. The molecule has 2 rings (SSSR count). The molecule has 0 aliphatic carbocycles. The Labute approximate surface area is 109 Å². The van der Waals surface area contributed by atoms with Crippen LogP contribution in [-0.4, -0.2) is 24.2 Å². The Morgan fingerprint density at radius 1 is 1.28 bits per heavy atom. The van der Waals surface area contributed by atoms with Crippen LogP contribution in [0.4, 0.5) is 11.4 Å². The summed E-state index contributed by atoms with van der Waals surface area (Å²) in [6.07, 6.45) is 0. The van der Waals surface area contributed by atoms with E-state index >= 15 is 0 Å². The zero-order valence-electron chi connectivity index (χ0n) is 9.74. The topological polar surface area (TPSA) is 66.6 Å². The number of carbonyl (C=O) groups excluding carboxylic acids is 1. The summed E-state index contributed by atoms with van der Waals surface area (Å²) in [4.78, 5) is 14.5. The minimum absolute atomic E-state index is 0.106. The van der Waals surface area contributed by atoms with Gasteiger partial charge in [-0.1, -0.05) is 18.2 Å². The Bertz CT molecular complexity index is 526. The first-order valence-electron chi connectivity index (χ1n) is 5.54. The molecule has 2 aromatic rings. The van der Waals surface area contributed by atoms with Gasteiger partial charge in [0, 0.05) is 6.54 Å². The molecule has 0 radical (unpaired) electrons. The fourth-order valence-corrected chi connectivity index (χ4v) is 2.37. The summed E-state index contributed by atoms with van der Waals surface area (Å²) in [5.41, 5.74) is 7.02. The largest absolute Gasteiger partial charge is 0.397 e. The lowest BCUT2D eigenvalue weighted by molar-refractivity contribution is 0.0985. The van der Waals surface area contributed by atoms with Gasteiger partial charge in [0.1, 0.15) is 0 Å². The highest BCUT2D eigenvalue weighted by atomic mass is 32.1. The van der Waals surface area contributed by atoms with Gasteiger partial charge in [-0.15, -0.1) is 11.3 Å². The molecule has 18 heavy (non-hydrogen) atoms. The van der Waals surface area contributed by atoms with Crippen LogP contribution in [0.1, 0.15) is 9.67 Å². The van der Waals surface area contributed by atoms with Crippen LogP contribution in [0.2, 0.25) is 0 Å². The number of nitrogens with zero attached hydrogens (tertiary/aromatic N) is 1. The third kappa shape index (κ3) is 2.52. The van der Waals surface area contributed by atoms with Crippen molar-refractivity contribution in [3.05, 3.63) is 46.7 Å². The third-order valence-corrected chi connectivity index (χ3v) is 3.39. The third-order valence-electron chi connectivity index (χ3n) is 2.53. The lowest BCUT2D eigenvalue weighted by atomic mass is 10.2. The van der Waals surface area contributed by atoms with Gasteiger partial charge in [0.15, 0.2) is 0 Å². The molecule has 0 aliphatic heterocycles. The molecule has 1 amide bonds. The molecule has 1 aromatic heterocycles. The van der Waals surface area contributed by atoms with Crippen LogP contribution in [0.5, 0.6) is 0 Å². The van der Waals surface area contributed by atoms with E-state index in [1.54, 1.807) is 18.2 Å². The second kappa shape index (κ2) is 5.66. The monoisotopic (exact) mass is 262 g/mol. The molecule has 0 fully saturated rings. The fraction of sp³-hybridized carbons (Fsp3) is 0.154. The summed E-state index contributed by atoms with van der Waals surface area (Å²) < 4.78 is 0. The Kier molecular flexibility index (Phi) is 3.96. The highest BCUT2D eigenvalue weighted by Crippen LogP contribution is 2.25. The minimum atomic E-state index is -0.142. The molecule has 4 nitrogen and oxygen atoms in total. The average molecular weight is 262 g/mol. The molecule has 0 aliphatic rings.